The van der Waals surface area contributed by atoms with E-state index in [2.05, 4.69) is 26.1 Å². The number of alkyl halides is 1. The molecule has 1 rings (SSSR count). The maximum atomic E-state index is 11.9. The van der Waals surface area contributed by atoms with Crippen molar-refractivity contribution >= 4 is 26.0 Å². The van der Waals surface area contributed by atoms with E-state index < -0.39 is 10.0 Å². The zero-order valence-corrected chi connectivity index (χ0v) is 10.2. The number of aromatic nitrogens is 2. The van der Waals surface area contributed by atoms with Crippen LogP contribution in [0.1, 0.15) is 6.92 Å². The molecule has 0 aliphatic rings. The van der Waals surface area contributed by atoms with Gasteiger partial charge in [-0.25, -0.2) is 8.42 Å². The van der Waals surface area contributed by atoms with Crippen LogP contribution in [0.2, 0.25) is 0 Å². The van der Waals surface area contributed by atoms with E-state index in [1.54, 1.807) is 6.92 Å². The third-order valence-electron chi connectivity index (χ3n) is 1.80. The van der Waals surface area contributed by atoms with Crippen molar-refractivity contribution < 1.29 is 8.42 Å². The second-order valence-corrected chi connectivity index (χ2v) is 5.35. The van der Waals surface area contributed by atoms with Crippen molar-refractivity contribution in [1.82, 2.24) is 14.5 Å². The van der Waals surface area contributed by atoms with Crippen LogP contribution in [-0.4, -0.2) is 41.3 Å². The number of hydrogen-bond acceptors (Lipinski definition) is 3. The molecule has 1 N–H and O–H groups in total. The lowest BCUT2D eigenvalue weighted by atomic mass is 10.7. The Hall–Kier alpha value is -0.400. The molecule has 0 fully saturated rings. The molecule has 14 heavy (non-hydrogen) atoms. The van der Waals surface area contributed by atoms with E-state index >= 15 is 0 Å². The molecule has 5 nitrogen and oxygen atoms in total. The van der Waals surface area contributed by atoms with Crippen LogP contribution in [0.4, 0.5) is 0 Å². The van der Waals surface area contributed by atoms with Crippen LogP contribution < -0.4 is 0 Å². The zero-order chi connectivity index (χ0) is 10.6. The predicted octanol–water partition coefficient (Wildman–Crippen LogP) is 0.815. The minimum atomic E-state index is -3.36. The Balaban J connectivity index is 2.94. The number of nitrogens with zero attached hydrogens (tertiary/aromatic N) is 2. The number of rotatable bonds is 5. The van der Waals surface area contributed by atoms with Gasteiger partial charge in [0.2, 0.25) is 10.0 Å². The molecule has 0 aromatic carbocycles. The van der Waals surface area contributed by atoms with Crippen molar-refractivity contribution in [2.75, 3.05) is 18.4 Å². The van der Waals surface area contributed by atoms with E-state index in [1.165, 1.54) is 16.7 Å². The fraction of sp³-hybridized carbons (Fsp3) is 0.571. The van der Waals surface area contributed by atoms with Gasteiger partial charge in [-0.3, -0.25) is 5.10 Å². The first-order valence-corrected chi connectivity index (χ1v) is 6.74. The first kappa shape index (κ1) is 11.7. The van der Waals surface area contributed by atoms with Gasteiger partial charge in [-0.15, -0.1) is 0 Å². The highest BCUT2D eigenvalue weighted by Crippen LogP contribution is 2.13. The molecule has 0 aliphatic carbocycles. The van der Waals surface area contributed by atoms with E-state index in [-0.39, 0.29) is 4.90 Å². The molecular weight excluding hydrogens is 270 g/mol. The molecule has 0 saturated heterocycles. The number of aromatic amines is 1. The first-order chi connectivity index (χ1) is 6.62. The minimum absolute atomic E-state index is 0.209. The molecule has 0 radical (unpaired) electrons. The highest BCUT2D eigenvalue weighted by molar-refractivity contribution is 9.09. The van der Waals surface area contributed by atoms with Gasteiger partial charge < -0.3 is 0 Å². The first-order valence-electron chi connectivity index (χ1n) is 4.17. The van der Waals surface area contributed by atoms with Crippen LogP contribution in [0.5, 0.6) is 0 Å². The largest absolute Gasteiger partial charge is 0.284 e. The summed E-state index contributed by atoms with van der Waals surface area (Å²) in [7, 11) is -3.36. The van der Waals surface area contributed by atoms with E-state index in [1.807, 2.05) is 0 Å². The SMILES string of the molecule is CCN(CCBr)S(=O)(=O)c1cn[nH]c1. The van der Waals surface area contributed by atoms with Gasteiger partial charge >= 0.3 is 0 Å². The molecular formula is C7H12BrN3O2S. The number of H-pyrrole nitrogens is 1. The van der Waals surface area contributed by atoms with E-state index in [0.29, 0.717) is 18.4 Å². The summed E-state index contributed by atoms with van der Waals surface area (Å²) in [4.78, 5) is 0.209. The Morgan fingerprint density at radius 3 is 2.79 bits per heavy atom. The topological polar surface area (TPSA) is 66.1 Å². The second kappa shape index (κ2) is 4.90. The average Bonchev–Trinajstić information content (AvgIpc) is 2.66. The molecule has 7 heteroatoms. The van der Waals surface area contributed by atoms with Gasteiger partial charge in [-0.2, -0.15) is 9.40 Å². The highest BCUT2D eigenvalue weighted by atomic mass is 79.9. The molecule has 0 amide bonds. The summed E-state index contributed by atoms with van der Waals surface area (Å²) in [5.74, 6) is 0. The lowest BCUT2D eigenvalue weighted by Gasteiger charge is -2.17. The number of hydrogen-bond donors (Lipinski definition) is 1. The summed E-state index contributed by atoms with van der Waals surface area (Å²) in [5.41, 5.74) is 0. The minimum Gasteiger partial charge on any atom is -0.284 e. The van der Waals surface area contributed by atoms with Crippen molar-refractivity contribution in [3.63, 3.8) is 0 Å². The highest BCUT2D eigenvalue weighted by Gasteiger charge is 2.22. The Morgan fingerprint density at radius 2 is 2.36 bits per heavy atom. The smallest absolute Gasteiger partial charge is 0.246 e. The van der Waals surface area contributed by atoms with Gasteiger partial charge in [0.25, 0.3) is 0 Å². The lowest BCUT2D eigenvalue weighted by Crippen LogP contribution is -2.32. The summed E-state index contributed by atoms with van der Waals surface area (Å²) in [6, 6.07) is 0. The Morgan fingerprint density at radius 1 is 1.64 bits per heavy atom. The van der Waals surface area contributed by atoms with Crippen LogP contribution in [-0.2, 0) is 10.0 Å². The van der Waals surface area contributed by atoms with Crippen LogP contribution in [0.15, 0.2) is 17.3 Å². The number of sulfonamides is 1. The lowest BCUT2D eigenvalue weighted by molar-refractivity contribution is 0.448. The van der Waals surface area contributed by atoms with Crippen molar-refractivity contribution in [3.8, 4) is 0 Å². The van der Waals surface area contributed by atoms with Crippen molar-refractivity contribution in [3.05, 3.63) is 12.4 Å². The number of halogens is 1. The summed E-state index contributed by atoms with van der Waals surface area (Å²) in [5, 5.41) is 6.74. The average molecular weight is 282 g/mol. The Kier molecular flexibility index (Phi) is 4.09. The van der Waals surface area contributed by atoms with Crippen molar-refractivity contribution in [2.24, 2.45) is 0 Å². The van der Waals surface area contributed by atoms with Crippen LogP contribution in [0, 0.1) is 0 Å². The molecule has 1 aromatic rings. The van der Waals surface area contributed by atoms with Gasteiger partial charge in [0.15, 0.2) is 0 Å². The van der Waals surface area contributed by atoms with E-state index in [4.69, 9.17) is 0 Å². The van der Waals surface area contributed by atoms with Crippen molar-refractivity contribution in [1.29, 1.82) is 0 Å². The molecule has 0 spiro atoms. The fourth-order valence-corrected chi connectivity index (χ4v) is 3.09. The maximum Gasteiger partial charge on any atom is 0.246 e. The van der Waals surface area contributed by atoms with Crippen LogP contribution in [0.25, 0.3) is 0 Å². The monoisotopic (exact) mass is 281 g/mol. The van der Waals surface area contributed by atoms with Crippen LogP contribution >= 0.6 is 15.9 Å². The molecule has 0 saturated carbocycles. The molecule has 1 aromatic heterocycles. The van der Waals surface area contributed by atoms with E-state index in [9.17, 15) is 8.42 Å². The van der Waals surface area contributed by atoms with E-state index in [0.717, 1.165) is 0 Å². The number of nitrogens with one attached hydrogen (secondary N) is 1. The summed E-state index contributed by atoms with van der Waals surface area (Å²) < 4.78 is 25.1. The standard InChI is InChI=1S/C7H12BrN3O2S/c1-2-11(4-3-8)14(12,13)7-5-9-10-6-7/h5-6H,2-4H2,1H3,(H,9,10). The summed E-state index contributed by atoms with van der Waals surface area (Å²) in [6.07, 6.45) is 2.69. The fourth-order valence-electron chi connectivity index (χ4n) is 1.07. The summed E-state index contributed by atoms with van der Waals surface area (Å²) in [6.45, 7) is 2.73. The van der Waals surface area contributed by atoms with Gasteiger partial charge in [0.1, 0.15) is 4.90 Å². The maximum absolute atomic E-state index is 11.9. The third-order valence-corrected chi connectivity index (χ3v) is 4.09. The molecule has 0 atom stereocenters. The third kappa shape index (κ3) is 2.34. The molecule has 80 valence electrons. The molecule has 0 bridgehead atoms. The van der Waals surface area contributed by atoms with Gasteiger partial charge in [-0.05, 0) is 0 Å². The van der Waals surface area contributed by atoms with Crippen molar-refractivity contribution in [2.45, 2.75) is 11.8 Å². The predicted molar refractivity (Wildman–Crippen MR) is 56.8 cm³/mol. The molecule has 1 heterocycles. The summed E-state index contributed by atoms with van der Waals surface area (Å²) >= 11 is 3.22. The molecule has 0 unspecified atom stereocenters. The van der Waals surface area contributed by atoms with Gasteiger partial charge in [-0.1, -0.05) is 22.9 Å². The zero-order valence-electron chi connectivity index (χ0n) is 7.77. The van der Waals surface area contributed by atoms with Gasteiger partial charge in [0, 0.05) is 24.6 Å². The van der Waals surface area contributed by atoms with Gasteiger partial charge in [0.05, 0.1) is 6.20 Å². The van der Waals surface area contributed by atoms with Crippen LogP contribution in [0.3, 0.4) is 0 Å². The normalized spacial score (nSPS) is 12.2. The molecule has 0 aliphatic heterocycles. The Bertz CT molecular complexity index is 362. The second-order valence-electron chi connectivity index (χ2n) is 2.62. The Labute approximate surface area is 91.7 Å². The quantitative estimate of drug-likeness (QED) is 0.813.